The molecule has 10 rings (SSSR count). The van der Waals surface area contributed by atoms with Crippen LogP contribution in [0.5, 0.6) is 0 Å². The predicted molar refractivity (Wildman–Crippen MR) is 208 cm³/mol. The first-order valence-corrected chi connectivity index (χ1v) is 16.2. The summed E-state index contributed by atoms with van der Waals surface area (Å²) in [5, 5.41) is 6.90. The zero-order valence-corrected chi connectivity index (χ0v) is 26.1. The fourth-order valence-corrected chi connectivity index (χ4v) is 7.33. The van der Waals surface area contributed by atoms with Crippen LogP contribution in [0.2, 0.25) is 0 Å². The minimum atomic E-state index is -0.477. The summed E-state index contributed by atoms with van der Waals surface area (Å²) in [6, 6.07) is 40.6. The van der Waals surface area contributed by atoms with Gasteiger partial charge in [0.25, 0.3) is 0 Å². The van der Waals surface area contributed by atoms with Gasteiger partial charge in [-0.15, -0.1) is 0 Å². The zero-order valence-electron chi connectivity index (χ0n) is 34.1. The van der Waals surface area contributed by atoms with E-state index in [0.29, 0.717) is 27.7 Å². The molecule has 1 heterocycles. The molecule has 0 fully saturated rings. The Labute approximate surface area is 295 Å². The van der Waals surface area contributed by atoms with Crippen molar-refractivity contribution in [2.45, 2.75) is 0 Å². The first-order chi connectivity index (χ1) is 27.6. The van der Waals surface area contributed by atoms with Gasteiger partial charge >= 0.3 is 0 Å². The Morgan fingerprint density at radius 2 is 1.12 bits per heavy atom. The van der Waals surface area contributed by atoms with Gasteiger partial charge in [-0.2, -0.15) is 0 Å². The maximum absolute atomic E-state index is 9.69. The molecule has 0 saturated heterocycles. The summed E-state index contributed by atoms with van der Waals surface area (Å²) in [6.45, 7) is 0. The second-order valence-corrected chi connectivity index (χ2v) is 12.2. The third-order valence-electron chi connectivity index (χ3n) is 9.48. The van der Waals surface area contributed by atoms with Crippen LogP contribution in [0.1, 0.15) is 11.0 Å². The molecule has 0 unspecified atom stereocenters. The van der Waals surface area contributed by atoms with Gasteiger partial charge in [-0.1, -0.05) is 158 Å². The largest absolute Gasteiger partial charge is 0.455 e. The maximum Gasteiger partial charge on any atom is 0.143 e. The monoisotopic (exact) mass is 630 g/mol. The standard InChI is InChI=1S/C48H30O/c1-3-13-31(14-4-1)34-18-11-19-36(29-34)45-38-21-9-10-22-39(38)46(40-27-26-35(30-43(40)45)32-15-5-2-6-16-32)41-23-12-24-44-47(41)42-28-25-33-17-7-8-20-37(33)48(42)49-44/h1-30H/i2D,5D,6D,11D,15D,16D,19D,29D. The van der Waals surface area contributed by atoms with Crippen molar-refractivity contribution in [3.8, 4) is 44.5 Å². The van der Waals surface area contributed by atoms with Gasteiger partial charge in [0.2, 0.25) is 0 Å². The smallest absolute Gasteiger partial charge is 0.143 e. The van der Waals surface area contributed by atoms with Crippen LogP contribution in [0.15, 0.2) is 186 Å². The van der Waals surface area contributed by atoms with Crippen molar-refractivity contribution in [2.75, 3.05) is 0 Å². The van der Waals surface area contributed by atoms with Crippen LogP contribution >= 0.6 is 0 Å². The molecule has 0 aliphatic rings. The van der Waals surface area contributed by atoms with E-state index < -0.39 is 18.1 Å². The van der Waals surface area contributed by atoms with Crippen LogP contribution in [0, 0.1) is 0 Å². The molecule has 0 atom stereocenters. The highest BCUT2D eigenvalue weighted by molar-refractivity contribution is 6.27. The Morgan fingerprint density at radius 3 is 1.98 bits per heavy atom. The topological polar surface area (TPSA) is 13.1 Å². The quantitative estimate of drug-likeness (QED) is 0.176. The summed E-state index contributed by atoms with van der Waals surface area (Å²) in [4.78, 5) is 0. The van der Waals surface area contributed by atoms with E-state index in [1.165, 1.54) is 0 Å². The molecule has 228 valence electrons. The summed E-state index contributed by atoms with van der Waals surface area (Å²) in [5.74, 6) is 0. The number of fused-ring (bicyclic) bond motifs is 7. The molecule has 1 aromatic heterocycles. The van der Waals surface area contributed by atoms with Crippen LogP contribution in [0.3, 0.4) is 0 Å². The number of hydrogen-bond donors (Lipinski definition) is 0. The van der Waals surface area contributed by atoms with E-state index >= 15 is 0 Å². The SMILES string of the molecule is [2H]c1cc(-c2ccccc2)c([2H])c(-c2c3ccccc3c(-c3cccc4oc5c6ccccc6ccc5c34)c3ccc(-c4c([2H])c([2H])c([2H])c([2H])c4[2H])cc23)c1[2H]. The van der Waals surface area contributed by atoms with Crippen LogP contribution in [0.25, 0.3) is 98.8 Å². The second kappa shape index (κ2) is 11.1. The first kappa shape index (κ1) is 20.7. The van der Waals surface area contributed by atoms with E-state index in [4.69, 9.17) is 12.6 Å². The molecule has 0 amide bonds. The summed E-state index contributed by atoms with van der Waals surface area (Å²) >= 11 is 0. The van der Waals surface area contributed by atoms with Crippen molar-refractivity contribution < 1.29 is 15.4 Å². The van der Waals surface area contributed by atoms with E-state index in [1.807, 2.05) is 91.0 Å². The summed E-state index contributed by atoms with van der Waals surface area (Å²) in [6.07, 6.45) is 0. The molecule has 1 heteroatoms. The zero-order chi connectivity index (χ0) is 39.3. The van der Waals surface area contributed by atoms with Crippen molar-refractivity contribution in [1.82, 2.24) is 0 Å². The molecule has 0 bridgehead atoms. The highest BCUT2D eigenvalue weighted by atomic mass is 16.3. The highest BCUT2D eigenvalue weighted by Crippen LogP contribution is 2.48. The third-order valence-corrected chi connectivity index (χ3v) is 9.48. The van der Waals surface area contributed by atoms with Crippen LogP contribution < -0.4 is 0 Å². The minimum Gasteiger partial charge on any atom is -0.455 e. The van der Waals surface area contributed by atoms with Gasteiger partial charge in [-0.05, 0) is 95.7 Å². The lowest BCUT2D eigenvalue weighted by Gasteiger charge is -2.19. The lowest BCUT2D eigenvalue weighted by molar-refractivity contribution is 0.673. The molecule has 49 heavy (non-hydrogen) atoms. The molecule has 0 spiro atoms. The average Bonchev–Trinajstić information content (AvgIpc) is 3.63. The molecule has 10 aromatic rings. The van der Waals surface area contributed by atoms with E-state index in [9.17, 15) is 2.74 Å². The van der Waals surface area contributed by atoms with E-state index in [0.717, 1.165) is 60.0 Å². The summed E-state index contributed by atoms with van der Waals surface area (Å²) < 4.78 is 77.6. The normalized spacial score (nSPS) is 14.0. The fourth-order valence-electron chi connectivity index (χ4n) is 7.33. The van der Waals surface area contributed by atoms with Gasteiger partial charge < -0.3 is 4.42 Å². The third kappa shape index (κ3) is 4.40. The predicted octanol–water partition coefficient (Wildman–Crippen LogP) is 13.7. The molecule has 0 N–H and O–H groups in total. The molecule has 0 radical (unpaired) electrons. The average molecular weight is 631 g/mol. The van der Waals surface area contributed by atoms with Crippen molar-refractivity contribution >= 4 is 54.3 Å². The molecular weight excluding hydrogens is 593 g/mol. The van der Waals surface area contributed by atoms with Crippen LogP contribution in [-0.4, -0.2) is 0 Å². The molecule has 0 saturated carbocycles. The molecule has 1 nitrogen and oxygen atoms in total. The fraction of sp³-hybridized carbons (Fsp3) is 0. The lowest BCUT2D eigenvalue weighted by atomic mass is 9.83. The molecular formula is C48H30O. The summed E-state index contributed by atoms with van der Waals surface area (Å²) in [7, 11) is 0. The molecule has 9 aromatic carbocycles. The van der Waals surface area contributed by atoms with Crippen molar-refractivity contribution in [3.05, 3.63) is 182 Å². The van der Waals surface area contributed by atoms with Crippen LogP contribution in [0.4, 0.5) is 0 Å². The molecule has 0 aliphatic heterocycles. The highest BCUT2D eigenvalue weighted by Gasteiger charge is 2.21. The Balaban J connectivity index is 1.39. The number of hydrogen-bond acceptors (Lipinski definition) is 1. The van der Waals surface area contributed by atoms with Crippen molar-refractivity contribution in [3.63, 3.8) is 0 Å². The lowest BCUT2D eigenvalue weighted by Crippen LogP contribution is -1.92. The Kier molecular flexibility index (Phi) is 4.69. The van der Waals surface area contributed by atoms with Gasteiger partial charge in [0.05, 0.1) is 11.0 Å². The Morgan fingerprint density at radius 1 is 0.408 bits per heavy atom. The van der Waals surface area contributed by atoms with Gasteiger partial charge in [0, 0.05) is 16.2 Å². The van der Waals surface area contributed by atoms with Crippen LogP contribution in [-0.2, 0) is 0 Å². The number of rotatable bonds is 4. The van der Waals surface area contributed by atoms with Gasteiger partial charge in [0.15, 0.2) is 0 Å². The first-order valence-electron chi connectivity index (χ1n) is 20.2. The van der Waals surface area contributed by atoms with E-state index in [2.05, 4.69) is 30.3 Å². The minimum absolute atomic E-state index is 0.0372. The molecule has 0 aliphatic carbocycles. The Bertz CT molecular complexity index is 3300. The Hall–Kier alpha value is -6.44. The van der Waals surface area contributed by atoms with Gasteiger partial charge in [-0.3, -0.25) is 0 Å². The van der Waals surface area contributed by atoms with E-state index in [1.54, 1.807) is 12.1 Å². The van der Waals surface area contributed by atoms with Gasteiger partial charge in [0.1, 0.15) is 11.2 Å². The second-order valence-electron chi connectivity index (χ2n) is 12.2. The van der Waals surface area contributed by atoms with Gasteiger partial charge in [-0.25, -0.2) is 0 Å². The van der Waals surface area contributed by atoms with E-state index in [-0.39, 0.29) is 41.3 Å². The number of furan rings is 1. The van der Waals surface area contributed by atoms with Crippen molar-refractivity contribution in [1.29, 1.82) is 0 Å². The number of benzene rings is 9. The van der Waals surface area contributed by atoms with Crippen molar-refractivity contribution in [2.24, 2.45) is 0 Å². The summed E-state index contributed by atoms with van der Waals surface area (Å²) in [5.41, 5.74) is 5.79. The maximum atomic E-state index is 9.69.